The van der Waals surface area contributed by atoms with Gasteiger partial charge in [0, 0.05) is 5.54 Å². The average Bonchev–Trinajstić information content (AvgIpc) is 2.16. The van der Waals surface area contributed by atoms with Crippen LogP contribution in [0.15, 0.2) is 0 Å². The second kappa shape index (κ2) is 3.31. The van der Waals surface area contributed by atoms with E-state index in [4.69, 9.17) is 5.26 Å². The first-order valence-corrected chi connectivity index (χ1v) is 5.42. The van der Waals surface area contributed by atoms with E-state index in [1.807, 2.05) is 0 Å². The summed E-state index contributed by atoms with van der Waals surface area (Å²) in [6, 6.07) is 2.50. The Morgan fingerprint density at radius 2 is 2.08 bits per heavy atom. The zero-order valence-electron chi connectivity index (χ0n) is 8.42. The Bertz CT molecular complexity index is 229. The lowest BCUT2D eigenvalue weighted by Gasteiger charge is -2.50. The summed E-state index contributed by atoms with van der Waals surface area (Å²) in [5.41, 5.74) is 0.214. The minimum absolute atomic E-state index is 0.214. The molecule has 0 spiro atoms. The molecule has 2 fully saturated rings. The summed E-state index contributed by atoms with van der Waals surface area (Å²) in [5.74, 6) is 0.279. The standard InChI is InChI=1S/C11H18N2/c1-11-6-2-3-7-13(11)8-4-5-10(11)9-12/h10H,2-8H2,1H3/t10-,11+/m1/s1. The fraction of sp³-hybridized carbons (Fsp3) is 0.909. The van der Waals surface area contributed by atoms with E-state index >= 15 is 0 Å². The molecule has 0 aromatic heterocycles. The Kier molecular flexibility index (Phi) is 2.29. The van der Waals surface area contributed by atoms with Crippen molar-refractivity contribution in [2.24, 2.45) is 5.92 Å². The van der Waals surface area contributed by atoms with Crippen molar-refractivity contribution in [3.8, 4) is 6.07 Å². The topological polar surface area (TPSA) is 27.0 Å². The molecule has 0 aliphatic carbocycles. The highest BCUT2D eigenvalue weighted by Crippen LogP contribution is 2.39. The van der Waals surface area contributed by atoms with Crippen molar-refractivity contribution in [1.29, 1.82) is 5.26 Å². The fourth-order valence-corrected chi connectivity index (χ4v) is 2.96. The van der Waals surface area contributed by atoms with Gasteiger partial charge in [-0.3, -0.25) is 4.90 Å². The van der Waals surface area contributed by atoms with E-state index in [2.05, 4.69) is 17.9 Å². The maximum atomic E-state index is 9.12. The molecule has 0 bridgehead atoms. The smallest absolute Gasteiger partial charge is 0.0675 e. The summed E-state index contributed by atoms with van der Waals surface area (Å²) in [5, 5.41) is 9.12. The van der Waals surface area contributed by atoms with Crippen LogP contribution >= 0.6 is 0 Å². The van der Waals surface area contributed by atoms with Crippen molar-refractivity contribution in [3.05, 3.63) is 0 Å². The third-order valence-corrected chi connectivity index (χ3v) is 3.91. The molecule has 2 aliphatic rings. The molecule has 72 valence electrons. The van der Waals surface area contributed by atoms with E-state index in [-0.39, 0.29) is 11.5 Å². The minimum Gasteiger partial charge on any atom is -0.297 e. The van der Waals surface area contributed by atoms with Crippen molar-refractivity contribution in [3.63, 3.8) is 0 Å². The number of hydrogen-bond donors (Lipinski definition) is 0. The van der Waals surface area contributed by atoms with Gasteiger partial charge in [0.25, 0.3) is 0 Å². The average molecular weight is 178 g/mol. The molecule has 0 aromatic rings. The Morgan fingerprint density at radius 1 is 1.31 bits per heavy atom. The number of fused-ring (bicyclic) bond motifs is 1. The highest BCUT2D eigenvalue weighted by Gasteiger charge is 2.43. The molecule has 0 saturated carbocycles. The number of nitrogens with zero attached hydrogens (tertiary/aromatic N) is 2. The summed E-state index contributed by atoms with van der Waals surface area (Å²) in [6.45, 7) is 4.72. The van der Waals surface area contributed by atoms with Gasteiger partial charge < -0.3 is 0 Å². The van der Waals surface area contributed by atoms with Crippen molar-refractivity contribution in [1.82, 2.24) is 4.90 Å². The van der Waals surface area contributed by atoms with Gasteiger partial charge in [-0.05, 0) is 45.7 Å². The highest BCUT2D eigenvalue weighted by molar-refractivity contribution is 5.06. The lowest BCUT2D eigenvalue weighted by atomic mass is 9.73. The maximum absolute atomic E-state index is 9.12. The van der Waals surface area contributed by atoms with Gasteiger partial charge in [-0.15, -0.1) is 0 Å². The first-order chi connectivity index (χ1) is 6.27. The molecule has 0 N–H and O–H groups in total. The highest BCUT2D eigenvalue weighted by atomic mass is 15.2. The van der Waals surface area contributed by atoms with Crippen LogP contribution in [0.2, 0.25) is 0 Å². The van der Waals surface area contributed by atoms with E-state index < -0.39 is 0 Å². The minimum atomic E-state index is 0.214. The van der Waals surface area contributed by atoms with Gasteiger partial charge in [-0.25, -0.2) is 0 Å². The summed E-state index contributed by atoms with van der Waals surface area (Å²) < 4.78 is 0. The Hall–Kier alpha value is -0.550. The molecule has 0 aromatic carbocycles. The van der Waals surface area contributed by atoms with Gasteiger partial charge in [-0.2, -0.15) is 5.26 Å². The molecular formula is C11H18N2. The summed E-state index contributed by atoms with van der Waals surface area (Å²) >= 11 is 0. The van der Waals surface area contributed by atoms with Gasteiger partial charge >= 0.3 is 0 Å². The van der Waals surface area contributed by atoms with E-state index in [0.717, 1.165) is 6.42 Å². The largest absolute Gasteiger partial charge is 0.297 e. The van der Waals surface area contributed by atoms with Crippen LogP contribution in [0.4, 0.5) is 0 Å². The monoisotopic (exact) mass is 178 g/mol. The van der Waals surface area contributed by atoms with Crippen LogP contribution in [0.25, 0.3) is 0 Å². The van der Waals surface area contributed by atoms with Crippen LogP contribution in [0.5, 0.6) is 0 Å². The summed E-state index contributed by atoms with van der Waals surface area (Å²) in [7, 11) is 0. The van der Waals surface area contributed by atoms with E-state index in [1.165, 1.54) is 38.8 Å². The van der Waals surface area contributed by atoms with Crippen LogP contribution in [0, 0.1) is 17.2 Å². The number of rotatable bonds is 0. The quantitative estimate of drug-likeness (QED) is 0.568. The van der Waals surface area contributed by atoms with Gasteiger partial charge in [0.2, 0.25) is 0 Å². The molecule has 0 unspecified atom stereocenters. The third kappa shape index (κ3) is 1.36. The summed E-state index contributed by atoms with van der Waals surface area (Å²) in [4.78, 5) is 2.55. The van der Waals surface area contributed by atoms with Crippen LogP contribution in [0.1, 0.15) is 39.0 Å². The molecular weight excluding hydrogens is 160 g/mol. The van der Waals surface area contributed by atoms with Crippen LogP contribution in [-0.2, 0) is 0 Å². The number of nitriles is 1. The van der Waals surface area contributed by atoms with Crippen molar-refractivity contribution < 1.29 is 0 Å². The molecule has 13 heavy (non-hydrogen) atoms. The Labute approximate surface area is 80.5 Å². The normalized spacial score (nSPS) is 40.8. The molecule has 0 amide bonds. The van der Waals surface area contributed by atoms with Gasteiger partial charge in [0.15, 0.2) is 0 Å². The molecule has 2 heteroatoms. The van der Waals surface area contributed by atoms with Gasteiger partial charge in [0.05, 0.1) is 12.0 Å². The number of piperidine rings is 2. The van der Waals surface area contributed by atoms with Crippen LogP contribution < -0.4 is 0 Å². The molecule has 2 atom stereocenters. The predicted octanol–water partition coefficient (Wildman–Crippen LogP) is 2.16. The number of hydrogen-bond acceptors (Lipinski definition) is 2. The first-order valence-electron chi connectivity index (χ1n) is 5.42. The first kappa shape index (κ1) is 9.02. The predicted molar refractivity (Wildman–Crippen MR) is 52.2 cm³/mol. The summed E-state index contributed by atoms with van der Waals surface area (Å²) in [6.07, 6.45) is 6.20. The van der Waals surface area contributed by atoms with Crippen molar-refractivity contribution in [2.75, 3.05) is 13.1 Å². The van der Waals surface area contributed by atoms with E-state index in [0.29, 0.717) is 0 Å². The lowest BCUT2D eigenvalue weighted by molar-refractivity contribution is -0.00159. The van der Waals surface area contributed by atoms with Crippen LogP contribution in [-0.4, -0.2) is 23.5 Å². The molecule has 0 radical (unpaired) electrons. The van der Waals surface area contributed by atoms with E-state index in [1.54, 1.807) is 0 Å². The Morgan fingerprint density at radius 3 is 2.85 bits per heavy atom. The molecule has 2 nitrogen and oxygen atoms in total. The molecule has 2 aliphatic heterocycles. The van der Waals surface area contributed by atoms with Crippen molar-refractivity contribution >= 4 is 0 Å². The fourth-order valence-electron chi connectivity index (χ4n) is 2.96. The van der Waals surface area contributed by atoms with E-state index in [9.17, 15) is 0 Å². The third-order valence-electron chi connectivity index (χ3n) is 3.91. The zero-order chi connectivity index (χ0) is 9.31. The SMILES string of the molecule is C[C@@]12CCCCN1CCC[C@@H]2C#N. The lowest BCUT2D eigenvalue weighted by Crippen LogP contribution is -2.57. The second-order valence-corrected chi connectivity index (χ2v) is 4.63. The van der Waals surface area contributed by atoms with Gasteiger partial charge in [0.1, 0.15) is 0 Å². The molecule has 2 rings (SSSR count). The van der Waals surface area contributed by atoms with Crippen LogP contribution in [0.3, 0.4) is 0 Å². The molecule has 2 saturated heterocycles. The molecule has 2 heterocycles. The Balaban J connectivity index is 2.20. The van der Waals surface area contributed by atoms with Crippen molar-refractivity contribution in [2.45, 2.75) is 44.6 Å². The second-order valence-electron chi connectivity index (χ2n) is 4.63. The maximum Gasteiger partial charge on any atom is 0.0675 e. The zero-order valence-corrected chi connectivity index (χ0v) is 8.42. The van der Waals surface area contributed by atoms with Gasteiger partial charge in [-0.1, -0.05) is 6.42 Å².